The summed E-state index contributed by atoms with van der Waals surface area (Å²) in [5.74, 6) is -0.315. The van der Waals surface area contributed by atoms with E-state index in [2.05, 4.69) is 19.2 Å². The van der Waals surface area contributed by atoms with Gasteiger partial charge in [0, 0.05) is 19.1 Å². The number of rotatable bonds is 6. The average Bonchev–Trinajstić information content (AvgIpc) is 3.18. The molecule has 3 rings (SSSR count). The third-order valence-corrected chi connectivity index (χ3v) is 7.46. The average molecular weight is 423 g/mol. The van der Waals surface area contributed by atoms with Crippen molar-refractivity contribution in [2.24, 2.45) is 11.8 Å². The number of piperidine rings is 1. The van der Waals surface area contributed by atoms with Crippen molar-refractivity contribution in [2.75, 3.05) is 19.7 Å². The van der Waals surface area contributed by atoms with E-state index in [0.717, 1.165) is 32.1 Å². The molecule has 160 valence electrons. The molecule has 0 bridgehead atoms. The molecule has 1 saturated heterocycles. The van der Waals surface area contributed by atoms with Crippen molar-refractivity contribution in [1.29, 1.82) is 0 Å². The van der Waals surface area contributed by atoms with Crippen LogP contribution in [0.1, 0.15) is 56.3 Å². The molecular weight excluding hydrogens is 392 g/mol. The van der Waals surface area contributed by atoms with Crippen molar-refractivity contribution < 1.29 is 22.7 Å². The highest BCUT2D eigenvalue weighted by atomic mass is 32.2. The number of carbonyl (C=O) groups is 2. The molecule has 2 aliphatic rings. The second-order valence-corrected chi connectivity index (χ2v) is 10.4. The van der Waals surface area contributed by atoms with Crippen LogP contribution in [0, 0.1) is 11.8 Å². The second-order valence-electron chi connectivity index (χ2n) is 8.42. The Balaban J connectivity index is 1.57. The number of esters is 1. The van der Waals surface area contributed by atoms with Crippen LogP contribution in [0.4, 0.5) is 0 Å². The highest BCUT2D eigenvalue weighted by molar-refractivity contribution is 7.89. The predicted molar refractivity (Wildman–Crippen MR) is 109 cm³/mol. The van der Waals surface area contributed by atoms with Crippen LogP contribution in [0.15, 0.2) is 29.2 Å². The summed E-state index contributed by atoms with van der Waals surface area (Å²) in [4.78, 5) is 24.2. The number of ether oxygens (including phenoxy) is 1. The zero-order valence-electron chi connectivity index (χ0n) is 17.1. The highest BCUT2D eigenvalue weighted by Gasteiger charge is 2.31. The molecule has 1 saturated carbocycles. The minimum atomic E-state index is -3.59. The molecule has 1 heterocycles. The largest absolute Gasteiger partial charge is 0.452 e. The Hall–Kier alpha value is -1.93. The molecule has 1 N–H and O–H groups in total. The molecule has 1 amide bonds. The molecule has 0 spiro atoms. The van der Waals surface area contributed by atoms with Crippen LogP contribution in [-0.2, 0) is 19.6 Å². The first-order chi connectivity index (χ1) is 13.8. The third-order valence-electron chi connectivity index (χ3n) is 5.62. The van der Waals surface area contributed by atoms with Gasteiger partial charge >= 0.3 is 5.97 Å². The number of sulfonamides is 1. The van der Waals surface area contributed by atoms with E-state index < -0.39 is 16.0 Å². The Morgan fingerprint density at radius 1 is 1.07 bits per heavy atom. The van der Waals surface area contributed by atoms with Crippen LogP contribution in [-0.4, -0.2) is 50.3 Å². The zero-order chi connectivity index (χ0) is 21.0. The maximum Gasteiger partial charge on any atom is 0.338 e. The number of nitrogens with one attached hydrogen (secondary N) is 1. The molecule has 2 fully saturated rings. The maximum absolute atomic E-state index is 12.9. The van der Waals surface area contributed by atoms with Gasteiger partial charge in [-0.2, -0.15) is 4.31 Å². The molecule has 1 aliphatic carbocycles. The molecule has 1 aliphatic heterocycles. The standard InChI is InChI=1S/C21H30N2O5S/c1-15-11-16(2)13-23(12-15)29(26,27)19-9-7-17(8-10-19)21(25)28-14-20(24)22-18-5-3-4-6-18/h7-10,15-16,18H,3-6,11-14H2,1-2H3,(H,22,24). The lowest BCUT2D eigenvalue weighted by molar-refractivity contribution is -0.124. The van der Waals surface area contributed by atoms with Gasteiger partial charge in [0.05, 0.1) is 10.5 Å². The van der Waals surface area contributed by atoms with E-state index in [0.29, 0.717) is 24.9 Å². The van der Waals surface area contributed by atoms with Crippen molar-refractivity contribution in [2.45, 2.75) is 56.9 Å². The third kappa shape index (κ3) is 5.57. The molecule has 1 aromatic carbocycles. The van der Waals surface area contributed by atoms with Crippen LogP contribution in [0.3, 0.4) is 0 Å². The Kier molecular flexibility index (Phi) is 6.95. The van der Waals surface area contributed by atoms with Gasteiger partial charge in [-0.15, -0.1) is 0 Å². The van der Waals surface area contributed by atoms with Gasteiger partial charge in [-0.25, -0.2) is 13.2 Å². The minimum absolute atomic E-state index is 0.161. The number of nitrogens with zero attached hydrogens (tertiary/aromatic N) is 1. The van der Waals surface area contributed by atoms with Crippen LogP contribution in [0.2, 0.25) is 0 Å². The van der Waals surface area contributed by atoms with Gasteiger partial charge in [0.2, 0.25) is 10.0 Å². The van der Waals surface area contributed by atoms with Crippen LogP contribution in [0.5, 0.6) is 0 Å². The topological polar surface area (TPSA) is 92.8 Å². The number of amides is 1. The van der Waals surface area contributed by atoms with Crippen molar-refractivity contribution >= 4 is 21.9 Å². The van der Waals surface area contributed by atoms with Gasteiger partial charge in [0.1, 0.15) is 0 Å². The minimum Gasteiger partial charge on any atom is -0.452 e. The van der Waals surface area contributed by atoms with Gasteiger partial charge < -0.3 is 10.1 Å². The molecule has 7 nitrogen and oxygen atoms in total. The van der Waals surface area contributed by atoms with Crippen LogP contribution < -0.4 is 5.32 Å². The fourth-order valence-electron chi connectivity index (χ4n) is 4.27. The first kappa shape index (κ1) is 21.8. The smallest absolute Gasteiger partial charge is 0.338 e. The quantitative estimate of drug-likeness (QED) is 0.711. The zero-order valence-corrected chi connectivity index (χ0v) is 17.9. The second kappa shape index (κ2) is 9.26. The molecule has 0 radical (unpaired) electrons. The lowest BCUT2D eigenvalue weighted by Gasteiger charge is -2.34. The maximum atomic E-state index is 12.9. The fourth-order valence-corrected chi connectivity index (χ4v) is 5.95. The molecule has 2 unspecified atom stereocenters. The summed E-state index contributed by atoms with van der Waals surface area (Å²) in [6, 6.07) is 5.89. The number of carbonyl (C=O) groups excluding carboxylic acids is 2. The lowest BCUT2D eigenvalue weighted by atomic mass is 9.94. The van der Waals surface area contributed by atoms with E-state index in [1.54, 1.807) is 0 Å². The fraction of sp³-hybridized carbons (Fsp3) is 0.619. The van der Waals surface area contributed by atoms with Gasteiger partial charge in [-0.3, -0.25) is 4.79 Å². The number of benzene rings is 1. The SMILES string of the molecule is CC1CC(C)CN(S(=O)(=O)c2ccc(C(=O)OCC(=O)NC3CCCC3)cc2)C1. The summed E-state index contributed by atoms with van der Waals surface area (Å²) < 4.78 is 32.4. The monoisotopic (exact) mass is 422 g/mol. The Morgan fingerprint density at radius 3 is 2.24 bits per heavy atom. The first-order valence-electron chi connectivity index (χ1n) is 10.3. The van der Waals surface area contributed by atoms with E-state index in [9.17, 15) is 18.0 Å². The van der Waals surface area contributed by atoms with E-state index in [-0.39, 0.29) is 29.0 Å². The number of hydrogen-bond acceptors (Lipinski definition) is 5. The van der Waals surface area contributed by atoms with Crippen molar-refractivity contribution in [3.05, 3.63) is 29.8 Å². The van der Waals surface area contributed by atoms with Crippen LogP contribution in [0.25, 0.3) is 0 Å². The van der Waals surface area contributed by atoms with Gasteiger partial charge in [0.25, 0.3) is 5.91 Å². The van der Waals surface area contributed by atoms with Gasteiger partial charge in [-0.1, -0.05) is 26.7 Å². The number of hydrogen-bond donors (Lipinski definition) is 1. The molecule has 2 atom stereocenters. The molecule has 1 aromatic rings. The Morgan fingerprint density at radius 2 is 1.66 bits per heavy atom. The summed E-state index contributed by atoms with van der Waals surface area (Å²) in [7, 11) is -3.59. The molecule has 8 heteroatoms. The van der Waals surface area contributed by atoms with E-state index in [1.165, 1.54) is 28.6 Å². The van der Waals surface area contributed by atoms with E-state index in [4.69, 9.17) is 4.74 Å². The predicted octanol–water partition coefficient (Wildman–Crippen LogP) is 2.57. The summed E-state index contributed by atoms with van der Waals surface area (Å²) in [6.45, 7) is 4.79. The first-order valence-corrected chi connectivity index (χ1v) is 11.8. The van der Waals surface area contributed by atoms with Crippen molar-refractivity contribution in [1.82, 2.24) is 9.62 Å². The van der Waals surface area contributed by atoms with E-state index >= 15 is 0 Å². The summed E-state index contributed by atoms with van der Waals surface area (Å²) >= 11 is 0. The van der Waals surface area contributed by atoms with Gasteiger partial charge in [-0.05, 0) is 55.4 Å². The normalized spacial score (nSPS) is 23.7. The Labute approximate surface area is 172 Å². The highest BCUT2D eigenvalue weighted by Crippen LogP contribution is 2.26. The molecule has 29 heavy (non-hydrogen) atoms. The summed E-state index contributed by atoms with van der Waals surface area (Å²) in [5.41, 5.74) is 0.220. The van der Waals surface area contributed by atoms with Gasteiger partial charge in [0.15, 0.2) is 6.61 Å². The lowest BCUT2D eigenvalue weighted by Crippen LogP contribution is -2.42. The summed E-state index contributed by atoms with van der Waals surface area (Å²) in [5, 5.41) is 2.86. The molecular formula is C21H30N2O5S. The van der Waals surface area contributed by atoms with Crippen LogP contribution >= 0.6 is 0 Å². The van der Waals surface area contributed by atoms with Crippen molar-refractivity contribution in [3.8, 4) is 0 Å². The van der Waals surface area contributed by atoms with Crippen molar-refractivity contribution in [3.63, 3.8) is 0 Å². The van der Waals surface area contributed by atoms with E-state index in [1.807, 2.05) is 0 Å². The molecule has 0 aromatic heterocycles. The Bertz CT molecular complexity index is 821. The summed E-state index contributed by atoms with van der Waals surface area (Å²) in [6.07, 6.45) is 5.16.